The third-order valence-corrected chi connectivity index (χ3v) is 5.18. The first-order valence-corrected chi connectivity index (χ1v) is 9.91. The quantitative estimate of drug-likeness (QED) is 0.391. The van der Waals surface area contributed by atoms with Gasteiger partial charge in [-0.3, -0.25) is 4.79 Å². The third-order valence-electron chi connectivity index (χ3n) is 5.18. The summed E-state index contributed by atoms with van der Waals surface area (Å²) in [5, 5.41) is 11.2. The molecule has 4 rings (SSSR count). The molecule has 4 aromatic rings. The van der Waals surface area contributed by atoms with Crippen molar-refractivity contribution in [3.05, 3.63) is 119 Å². The lowest BCUT2D eigenvalue weighted by atomic mass is 9.91. The smallest absolute Gasteiger partial charge is 0.314 e. The van der Waals surface area contributed by atoms with Crippen LogP contribution < -0.4 is 0 Å². The molecule has 0 aliphatic carbocycles. The lowest BCUT2D eigenvalue weighted by Crippen LogP contribution is -2.18. The molecule has 0 aliphatic heterocycles. The van der Waals surface area contributed by atoms with Gasteiger partial charge in [-0.25, -0.2) is 0 Å². The summed E-state index contributed by atoms with van der Waals surface area (Å²) in [4.78, 5) is 13.0. The van der Waals surface area contributed by atoms with E-state index in [0.717, 1.165) is 27.5 Å². The fraction of sp³-hybridized carbons (Fsp3) is 0.111. The van der Waals surface area contributed by atoms with E-state index in [2.05, 4.69) is 12.1 Å². The lowest BCUT2D eigenvalue weighted by Gasteiger charge is -2.17. The van der Waals surface area contributed by atoms with Gasteiger partial charge in [0.1, 0.15) is 6.61 Å². The number of nitriles is 1. The Bertz CT molecular complexity index is 1190. The molecule has 0 heterocycles. The highest BCUT2D eigenvalue weighted by Gasteiger charge is 2.23. The first-order chi connectivity index (χ1) is 14.7. The monoisotopic (exact) mass is 391 g/mol. The zero-order valence-corrected chi connectivity index (χ0v) is 16.5. The summed E-state index contributed by atoms with van der Waals surface area (Å²) < 4.78 is 5.66. The first-order valence-electron chi connectivity index (χ1n) is 9.91. The van der Waals surface area contributed by atoms with Gasteiger partial charge in [0, 0.05) is 0 Å². The van der Waals surface area contributed by atoms with Crippen molar-refractivity contribution in [1.29, 1.82) is 5.26 Å². The van der Waals surface area contributed by atoms with Gasteiger partial charge >= 0.3 is 5.97 Å². The van der Waals surface area contributed by atoms with Crippen LogP contribution in [0.15, 0.2) is 97.1 Å². The van der Waals surface area contributed by atoms with E-state index in [9.17, 15) is 10.1 Å². The van der Waals surface area contributed by atoms with Crippen molar-refractivity contribution in [2.45, 2.75) is 18.9 Å². The van der Waals surface area contributed by atoms with E-state index in [0.29, 0.717) is 12.0 Å². The van der Waals surface area contributed by atoms with Crippen LogP contribution in [0.2, 0.25) is 0 Å². The largest absolute Gasteiger partial charge is 0.460 e. The molecule has 3 nitrogen and oxygen atoms in total. The van der Waals surface area contributed by atoms with Crippen molar-refractivity contribution in [1.82, 2.24) is 0 Å². The van der Waals surface area contributed by atoms with E-state index in [4.69, 9.17) is 4.74 Å². The molecule has 0 saturated heterocycles. The summed E-state index contributed by atoms with van der Waals surface area (Å²) in [6, 6.07) is 33.4. The molecule has 0 amide bonds. The van der Waals surface area contributed by atoms with Crippen LogP contribution in [0.5, 0.6) is 0 Å². The Morgan fingerprint density at radius 3 is 2.23 bits per heavy atom. The standard InChI is InChI=1S/C27H21NO2/c28-18-22-12-14-23-13-11-21(15-25(23)16-22)17-26(24-9-5-2-6-10-24)27(29)30-19-20-7-3-1-4-8-20/h1-16,26H,17,19H2. The molecule has 0 aliphatic rings. The molecule has 0 saturated carbocycles. The average molecular weight is 391 g/mol. The summed E-state index contributed by atoms with van der Waals surface area (Å²) in [7, 11) is 0. The van der Waals surface area contributed by atoms with Crippen molar-refractivity contribution in [3.63, 3.8) is 0 Å². The van der Waals surface area contributed by atoms with Crippen LogP contribution in [0.1, 0.15) is 28.2 Å². The van der Waals surface area contributed by atoms with Gasteiger partial charge in [0.2, 0.25) is 0 Å². The van der Waals surface area contributed by atoms with E-state index in [-0.39, 0.29) is 12.6 Å². The predicted molar refractivity (Wildman–Crippen MR) is 118 cm³/mol. The second-order valence-corrected chi connectivity index (χ2v) is 7.27. The van der Waals surface area contributed by atoms with Crippen LogP contribution in [0, 0.1) is 11.3 Å². The lowest BCUT2D eigenvalue weighted by molar-refractivity contribution is -0.146. The first kappa shape index (κ1) is 19.4. The zero-order valence-electron chi connectivity index (χ0n) is 16.5. The number of hydrogen-bond donors (Lipinski definition) is 0. The van der Waals surface area contributed by atoms with Crippen molar-refractivity contribution >= 4 is 16.7 Å². The van der Waals surface area contributed by atoms with Crippen molar-refractivity contribution in [2.24, 2.45) is 0 Å². The van der Waals surface area contributed by atoms with Crippen molar-refractivity contribution < 1.29 is 9.53 Å². The Morgan fingerprint density at radius 2 is 1.50 bits per heavy atom. The number of carbonyl (C=O) groups excluding carboxylic acids is 1. The number of fused-ring (bicyclic) bond motifs is 1. The molecule has 4 aromatic carbocycles. The minimum absolute atomic E-state index is 0.240. The van der Waals surface area contributed by atoms with Gasteiger partial charge in [-0.05, 0) is 46.0 Å². The molecule has 30 heavy (non-hydrogen) atoms. The van der Waals surface area contributed by atoms with Gasteiger partial charge in [0.15, 0.2) is 0 Å². The molecule has 146 valence electrons. The number of nitrogens with zero attached hydrogens (tertiary/aromatic N) is 1. The molecule has 3 heteroatoms. The predicted octanol–water partition coefficient (Wildman–Crippen LogP) is 5.78. The highest BCUT2D eigenvalue weighted by molar-refractivity contribution is 5.85. The normalized spacial score (nSPS) is 11.6. The number of benzene rings is 4. The number of ether oxygens (including phenoxy) is 1. The van der Waals surface area contributed by atoms with Gasteiger partial charge in [0.25, 0.3) is 0 Å². The SMILES string of the molecule is N#Cc1ccc2ccc(CC(C(=O)OCc3ccccc3)c3ccccc3)cc2c1. The number of carbonyl (C=O) groups is 1. The molecule has 0 N–H and O–H groups in total. The van der Waals surface area contributed by atoms with E-state index in [1.165, 1.54) is 0 Å². The van der Waals surface area contributed by atoms with Crippen LogP contribution in [-0.4, -0.2) is 5.97 Å². The van der Waals surface area contributed by atoms with Gasteiger partial charge in [-0.15, -0.1) is 0 Å². The molecular weight excluding hydrogens is 370 g/mol. The van der Waals surface area contributed by atoms with E-state index >= 15 is 0 Å². The van der Waals surface area contributed by atoms with Gasteiger partial charge in [-0.2, -0.15) is 5.26 Å². The average Bonchev–Trinajstić information content (AvgIpc) is 2.81. The molecule has 1 unspecified atom stereocenters. The molecule has 0 spiro atoms. The molecule has 0 radical (unpaired) electrons. The van der Waals surface area contributed by atoms with Crippen LogP contribution in [-0.2, 0) is 22.6 Å². The zero-order chi connectivity index (χ0) is 20.8. The van der Waals surface area contributed by atoms with Gasteiger partial charge < -0.3 is 4.74 Å². The second-order valence-electron chi connectivity index (χ2n) is 7.27. The minimum atomic E-state index is -0.397. The Morgan fingerprint density at radius 1 is 0.800 bits per heavy atom. The van der Waals surface area contributed by atoms with Crippen LogP contribution in [0.25, 0.3) is 10.8 Å². The van der Waals surface area contributed by atoms with E-state index in [1.54, 1.807) is 0 Å². The molecule has 0 bridgehead atoms. The number of hydrogen-bond acceptors (Lipinski definition) is 3. The van der Waals surface area contributed by atoms with Crippen molar-refractivity contribution in [3.8, 4) is 6.07 Å². The summed E-state index contributed by atoms with van der Waals surface area (Å²) >= 11 is 0. The maximum atomic E-state index is 13.0. The maximum absolute atomic E-state index is 13.0. The number of esters is 1. The summed E-state index contributed by atoms with van der Waals surface area (Å²) in [6.45, 7) is 0.256. The Balaban J connectivity index is 1.59. The number of rotatable bonds is 6. The second kappa shape index (κ2) is 9.07. The third kappa shape index (κ3) is 4.56. The molecular formula is C27H21NO2. The summed E-state index contributed by atoms with van der Waals surface area (Å²) in [5.74, 6) is -0.637. The Labute approximate surface area is 176 Å². The topological polar surface area (TPSA) is 50.1 Å². The molecule has 1 atom stereocenters. The molecule has 0 aromatic heterocycles. The van der Waals surface area contributed by atoms with Crippen molar-refractivity contribution in [2.75, 3.05) is 0 Å². The van der Waals surface area contributed by atoms with Crippen LogP contribution in [0.3, 0.4) is 0 Å². The van der Waals surface area contributed by atoms with E-state index in [1.807, 2.05) is 91.0 Å². The van der Waals surface area contributed by atoms with Crippen LogP contribution >= 0.6 is 0 Å². The Hall–Kier alpha value is -3.90. The maximum Gasteiger partial charge on any atom is 0.314 e. The Kier molecular flexibility index (Phi) is 5.87. The summed E-state index contributed by atoms with van der Waals surface area (Å²) in [6.07, 6.45) is 0.532. The summed E-state index contributed by atoms with van der Waals surface area (Å²) in [5.41, 5.74) is 3.55. The minimum Gasteiger partial charge on any atom is -0.460 e. The van der Waals surface area contributed by atoms with Gasteiger partial charge in [-0.1, -0.05) is 84.9 Å². The van der Waals surface area contributed by atoms with E-state index < -0.39 is 5.92 Å². The fourth-order valence-corrected chi connectivity index (χ4v) is 3.58. The fourth-order valence-electron chi connectivity index (χ4n) is 3.58. The highest BCUT2D eigenvalue weighted by Crippen LogP contribution is 2.26. The molecule has 0 fully saturated rings. The van der Waals surface area contributed by atoms with Crippen LogP contribution in [0.4, 0.5) is 0 Å². The van der Waals surface area contributed by atoms with Gasteiger partial charge in [0.05, 0.1) is 17.6 Å². The highest BCUT2D eigenvalue weighted by atomic mass is 16.5.